The Bertz CT molecular complexity index is 904. The van der Waals surface area contributed by atoms with Gasteiger partial charge in [0.1, 0.15) is 11.9 Å². The number of hydrogen-bond acceptors (Lipinski definition) is 3. The number of nitrogens with one attached hydrogen (secondary N) is 1. The minimum atomic E-state index is -0.490. The molecular weight excluding hydrogens is 435 g/mol. The van der Waals surface area contributed by atoms with Crippen LogP contribution in [0.5, 0.6) is 0 Å². The second kappa shape index (κ2) is 13.2. The fourth-order valence-corrected chi connectivity index (χ4v) is 5.24. The average Bonchev–Trinajstić information content (AvgIpc) is 2.82. The Balaban J connectivity index is 1.37. The minimum Gasteiger partial charge on any atom is -0.354 e. The summed E-state index contributed by atoms with van der Waals surface area (Å²) in [6.45, 7) is 4.39. The zero-order chi connectivity index (χ0) is 23.5. The smallest absolute Gasteiger partial charge is 0.243 e. The van der Waals surface area contributed by atoms with E-state index in [0.29, 0.717) is 19.4 Å². The maximum Gasteiger partial charge on any atom is 0.243 e. The number of carbonyl (C=O) groups is 2. The van der Waals surface area contributed by atoms with Crippen LogP contribution in [-0.2, 0) is 21.8 Å². The molecule has 1 heterocycles. The third kappa shape index (κ3) is 7.74. The van der Waals surface area contributed by atoms with Crippen molar-refractivity contribution in [3.63, 3.8) is 0 Å². The molecule has 2 aromatic carbocycles. The molecule has 4 nitrogen and oxygen atoms in total. The summed E-state index contributed by atoms with van der Waals surface area (Å²) in [5, 5.41) is 3.04. The number of nitrogens with zero attached hydrogens (tertiary/aromatic N) is 1. The Hall–Kier alpha value is -2.60. The average molecular weight is 469 g/mol. The summed E-state index contributed by atoms with van der Waals surface area (Å²) in [4.78, 5) is 26.9. The van der Waals surface area contributed by atoms with Crippen molar-refractivity contribution in [1.82, 2.24) is 10.2 Å². The highest BCUT2D eigenvalue weighted by atomic mass is 32.2. The molecule has 0 spiro atoms. The molecule has 0 radical (unpaired) electrons. The van der Waals surface area contributed by atoms with Gasteiger partial charge in [0.05, 0.1) is 11.8 Å². The van der Waals surface area contributed by atoms with Gasteiger partial charge in [-0.15, -0.1) is 18.3 Å². The number of unbranched alkanes of at least 4 members (excludes halogenated alkanes) is 3. The van der Waals surface area contributed by atoms with Crippen LogP contribution in [0.15, 0.2) is 67.3 Å². The Labute approximate surface area is 200 Å². The van der Waals surface area contributed by atoms with E-state index in [2.05, 4.69) is 24.0 Å². The Kier molecular flexibility index (Phi) is 10.0. The van der Waals surface area contributed by atoms with Gasteiger partial charge in [0.15, 0.2) is 0 Å². The summed E-state index contributed by atoms with van der Waals surface area (Å²) in [7, 11) is 0. The predicted octanol–water partition coefficient (Wildman–Crippen LogP) is 5.48. The predicted molar refractivity (Wildman–Crippen MR) is 133 cm³/mol. The standard InChI is InChI=1S/C27H33FN2O2S/c1-2-10-24(30-25(31)19-26(30)33-20-22-12-7-5-8-13-22)27(32)29-18-9-4-3-6-11-21-14-16-23(28)17-15-21/h2,5,7-8,12-17,24,26H,1,3-4,6,9-11,18-20H2,(H,29,32). The number of aryl methyl sites for hydroxylation is 1. The van der Waals surface area contributed by atoms with Crippen molar-refractivity contribution in [1.29, 1.82) is 0 Å². The number of likely N-dealkylation sites (tertiary alicyclic amines) is 1. The van der Waals surface area contributed by atoms with Gasteiger partial charge in [0.25, 0.3) is 0 Å². The van der Waals surface area contributed by atoms with Crippen LogP contribution in [0.25, 0.3) is 0 Å². The van der Waals surface area contributed by atoms with Crippen LogP contribution in [0, 0.1) is 5.82 Å². The molecule has 33 heavy (non-hydrogen) atoms. The number of benzene rings is 2. The molecule has 0 aliphatic carbocycles. The summed E-state index contributed by atoms with van der Waals surface area (Å²) in [5.41, 5.74) is 2.36. The highest BCUT2D eigenvalue weighted by Gasteiger charge is 2.43. The first-order chi connectivity index (χ1) is 16.1. The van der Waals surface area contributed by atoms with Crippen LogP contribution in [-0.4, -0.2) is 34.7 Å². The fourth-order valence-electron chi connectivity index (χ4n) is 3.97. The van der Waals surface area contributed by atoms with Crippen molar-refractivity contribution < 1.29 is 14.0 Å². The van der Waals surface area contributed by atoms with Crippen molar-refractivity contribution in [3.05, 3.63) is 84.2 Å². The zero-order valence-electron chi connectivity index (χ0n) is 19.0. The van der Waals surface area contributed by atoms with E-state index in [1.165, 1.54) is 17.7 Å². The number of hydrogen-bond donors (Lipinski definition) is 1. The van der Waals surface area contributed by atoms with Crippen molar-refractivity contribution in [2.45, 2.75) is 62.1 Å². The Morgan fingerprint density at radius 1 is 1.09 bits per heavy atom. The normalized spacial score (nSPS) is 16.2. The molecule has 0 aromatic heterocycles. The quantitative estimate of drug-likeness (QED) is 0.227. The van der Waals surface area contributed by atoms with Gasteiger partial charge in [-0.2, -0.15) is 0 Å². The molecule has 0 bridgehead atoms. The molecule has 2 aromatic rings. The zero-order valence-corrected chi connectivity index (χ0v) is 19.9. The van der Waals surface area contributed by atoms with E-state index in [1.807, 2.05) is 30.3 Å². The highest BCUT2D eigenvalue weighted by molar-refractivity contribution is 7.99. The van der Waals surface area contributed by atoms with Gasteiger partial charge in [-0.1, -0.05) is 61.4 Å². The first-order valence-corrected chi connectivity index (χ1v) is 12.7. The summed E-state index contributed by atoms with van der Waals surface area (Å²) in [6.07, 6.45) is 7.61. The Morgan fingerprint density at radius 3 is 2.52 bits per heavy atom. The molecule has 1 N–H and O–H groups in total. The summed E-state index contributed by atoms with van der Waals surface area (Å²) in [6, 6.07) is 16.3. The molecule has 0 saturated carbocycles. The van der Waals surface area contributed by atoms with E-state index in [0.717, 1.165) is 43.4 Å². The van der Waals surface area contributed by atoms with E-state index in [4.69, 9.17) is 0 Å². The lowest BCUT2D eigenvalue weighted by atomic mass is 10.0. The molecule has 1 saturated heterocycles. The van der Waals surface area contributed by atoms with Crippen molar-refractivity contribution >= 4 is 23.6 Å². The maximum absolute atomic E-state index is 13.0. The van der Waals surface area contributed by atoms with Crippen LogP contribution in [0.4, 0.5) is 4.39 Å². The van der Waals surface area contributed by atoms with Crippen LogP contribution in [0.2, 0.25) is 0 Å². The number of β-lactam (4-membered cyclic amide) rings is 1. The van der Waals surface area contributed by atoms with Crippen LogP contribution >= 0.6 is 11.8 Å². The fraction of sp³-hybridized carbons (Fsp3) is 0.407. The van der Waals surface area contributed by atoms with Gasteiger partial charge in [0.2, 0.25) is 11.8 Å². The van der Waals surface area contributed by atoms with Crippen LogP contribution in [0.1, 0.15) is 49.7 Å². The molecule has 2 atom stereocenters. The molecule has 6 heteroatoms. The minimum absolute atomic E-state index is 0.0277. The van der Waals surface area contributed by atoms with Crippen LogP contribution in [0.3, 0.4) is 0 Å². The van der Waals surface area contributed by atoms with Crippen molar-refractivity contribution in [2.24, 2.45) is 0 Å². The molecule has 176 valence electrons. The van der Waals surface area contributed by atoms with Gasteiger partial charge >= 0.3 is 0 Å². The van der Waals surface area contributed by atoms with Gasteiger partial charge < -0.3 is 10.2 Å². The highest BCUT2D eigenvalue weighted by Crippen LogP contribution is 2.34. The Morgan fingerprint density at radius 2 is 1.82 bits per heavy atom. The second-order valence-corrected chi connectivity index (χ2v) is 9.54. The van der Waals surface area contributed by atoms with Gasteiger partial charge in [0, 0.05) is 12.3 Å². The van der Waals surface area contributed by atoms with Crippen molar-refractivity contribution in [3.8, 4) is 0 Å². The third-order valence-corrected chi connectivity index (χ3v) is 7.14. The van der Waals surface area contributed by atoms with Crippen molar-refractivity contribution in [2.75, 3.05) is 6.54 Å². The number of amides is 2. The second-order valence-electron chi connectivity index (χ2n) is 8.38. The van der Waals surface area contributed by atoms with E-state index in [-0.39, 0.29) is 23.0 Å². The lowest BCUT2D eigenvalue weighted by Crippen LogP contribution is -2.60. The lowest BCUT2D eigenvalue weighted by Gasteiger charge is -2.44. The van der Waals surface area contributed by atoms with Gasteiger partial charge in [-0.3, -0.25) is 9.59 Å². The van der Waals surface area contributed by atoms with E-state index >= 15 is 0 Å². The maximum atomic E-state index is 13.0. The van der Waals surface area contributed by atoms with E-state index in [9.17, 15) is 14.0 Å². The first-order valence-electron chi connectivity index (χ1n) is 11.7. The lowest BCUT2D eigenvalue weighted by molar-refractivity contribution is -0.150. The van der Waals surface area contributed by atoms with E-state index < -0.39 is 6.04 Å². The summed E-state index contributed by atoms with van der Waals surface area (Å²) < 4.78 is 13.0. The number of thioether (sulfide) groups is 1. The third-order valence-electron chi connectivity index (χ3n) is 5.87. The molecule has 1 aliphatic heterocycles. The summed E-state index contributed by atoms with van der Waals surface area (Å²) in [5.74, 6) is 0.545. The van der Waals surface area contributed by atoms with E-state index in [1.54, 1.807) is 22.7 Å². The molecule has 3 rings (SSSR count). The first kappa shape index (κ1) is 25.0. The molecule has 1 fully saturated rings. The molecule has 2 unspecified atom stereocenters. The number of halogens is 1. The number of carbonyl (C=O) groups excluding carboxylic acids is 2. The summed E-state index contributed by atoms with van der Waals surface area (Å²) >= 11 is 1.71. The molecule has 1 aliphatic rings. The number of rotatable bonds is 14. The van der Waals surface area contributed by atoms with Gasteiger partial charge in [-0.25, -0.2) is 4.39 Å². The molecular formula is C27H33FN2O2S. The topological polar surface area (TPSA) is 49.4 Å². The molecule has 2 amide bonds. The van der Waals surface area contributed by atoms with Crippen LogP contribution < -0.4 is 5.32 Å². The largest absolute Gasteiger partial charge is 0.354 e. The SMILES string of the molecule is C=CCC(C(=O)NCCCCCCc1ccc(F)cc1)N1C(=O)CC1SCc1ccccc1. The van der Waals surface area contributed by atoms with Gasteiger partial charge in [-0.05, 0) is 48.9 Å². The monoisotopic (exact) mass is 468 g/mol.